The smallest absolute Gasteiger partial charge is 0.219 e. The maximum atomic E-state index is 5.93. The van der Waals surface area contributed by atoms with Crippen molar-refractivity contribution in [1.29, 1.82) is 0 Å². The Hall–Kier alpha value is -2.81. The van der Waals surface area contributed by atoms with Gasteiger partial charge in [0.25, 0.3) is 0 Å². The number of hydrogen-bond donors (Lipinski definition) is 1. The van der Waals surface area contributed by atoms with Crippen LogP contribution in [0.5, 0.6) is 11.6 Å². The maximum absolute atomic E-state index is 5.93. The summed E-state index contributed by atoms with van der Waals surface area (Å²) in [5, 5.41) is 0. The highest BCUT2D eigenvalue weighted by Crippen LogP contribution is 2.32. The number of rotatable bonds is 3. The molecule has 3 rings (SSSR count). The SMILES string of the molecule is Cc1cc(Oc2ccccc2-c2ccccc2)ncc1N. The van der Waals surface area contributed by atoms with E-state index in [9.17, 15) is 0 Å². The Kier molecular flexibility index (Phi) is 3.56. The predicted octanol–water partition coefficient (Wildman–Crippen LogP) is 4.43. The maximum Gasteiger partial charge on any atom is 0.219 e. The number of hydrogen-bond acceptors (Lipinski definition) is 3. The summed E-state index contributed by atoms with van der Waals surface area (Å²) >= 11 is 0. The lowest BCUT2D eigenvalue weighted by atomic mass is 10.1. The van der Waals surface area contributed by atoms with Gasteiger partial charge in [0.1, 0.15) is 5.75 Å². The van der Waals surface area contributed by atoms with Gasteiger partial charge < -0.3 is 10.5 Å². The lowest BCUT2D eigenvalue weighted by molar-refractivity contribution is 0.464. The molecule has 0 aliphatic heterocycles. The summed E-state index contributed by atoms with van der Waals surface area (Å²) in [6.07, 6.45) is 1.62. The molecule has 0 radical (unpaired) electrons. The van der Waals surface area contributed by atoms with Gasteiger partial charge >= 0.3 is 0 Å². The Morgan fingerprint density at radius 1 is 0.952 bits per heavy atom. The van der Waals surface area contributed by atoms with Crippen molar-refractivity contribution >= 4 is 5.69 Å². The summed E-state index contributed by atoms with van der Waals surface area (Å²) in [5.74, 6) is 1.32. The minimum atomic E-state index is 0.546. The van der Waals surface area contributed by atoms with Gasteiger partial charge in [-0.1, -0.05) is 48.5 Å². The number of aromatic nitrogens is 1. The summed E-state index contributed by atoms with van der Waals surface area (Å²) in [7, 11) is 0. The van der Waals surface area contributed by atoms with Crippen LogP contribution in [-0.2, 0) is 0 Å². The van der Waals surface area contributed by atoms with E-state index in [1.54, 1.807) is 6.20 Å². The first-order valence-electron chi connectivity index (χ1n) is 6.78. The van der Waals surface area contributed by atoms with Gasteiger partial charge in [-0.05, 0) is 24.1 Å². The second-order valence-electron chi connectivity index (χ2n) is 4.84. The third-order valence-electron chi connectivity index (χ3n) is 3.31. The fourth-order valence-electron chi connectivity index (χ4n) is 2.12. The minimum Gasteiger partial charge on any atom is -0.438 e. The van der Waals surface area contributed by atoms with Crippen molar-refractivity contribution in [2.24, 2.45) is 0 Å². The Labute approximate surface area is 124 Å². The summed E-state index contributed by atoms with van der Waals surface area (Å²) < 4.78 is 5.93. The molecule has 1 aromatic heterocycles. The Morgan fingerprint density at radius 2 is 1.67 bits per heavy atom. The second kappa shape index (κ2) is 5.67. The number of aryl methyl sites for hydroxylation is 1. The van der Waals surface area contributed by atoms with Gasteiger partial charge in [0.2, 0.25) is 5.88 Å². The van der Waals surface area contributed by atoms with E-state index >= 15 is 0 Å². The van der Waals surface area contributed by atoms with Gasteiger partial charge in [-0.15, -0.1) is 0 Å². The van der Waals surface area contributed by atoms with Crippen molar-refractivity contribution in [3.8, 4) is 22.8 Å². The molecule has 0 bridgehead atoms. The van der Waals surface area contributed by atoms with E-state index in [1.165, 1.54) is 0 Å². The fraction of sp³-hybridized carbons (Fsp3) is 0.0556. The molecule has 0 atom stereocenters. The molecule has 0 aliphatic carbocycles. The summed E-state index contributed by atoms with van der Waals surface area (Å²) in [6, 6.07) is 19.9. The zero-order valence-corrected chi connectivity index (χ0v) is 11.8. The van der Waals surface area contributed by atoms with Crippen LogP contribution in [0.4, 0.5) is 5.69 Å². The lowest BCUT2D eigenvalue weighted by Gasteiger charge is -2.11. The molecule has 21 heavy (non-hydrogen) atoms. The zero-order valence-electron chi connectivity index (χ0n) is 11.8. The molecule has 3 nitrogen and oxygen atoms in total. The van der Waals surface area contributed by atoms with E-state index in [4.69, 9.17) is 10.5 Å². The van der Waals surface area contributed by atoms with Crippen LogP contribution in [0, 0.1) is 6.92 Å². The summed E-state index contributed by atoms with van der Waals surface area (Å²) in [6.45, 7) is 1.94. The van der Waals surface area contributed by atoms with Gasteiger partial charge in [0.15, 0.2) is 0 Å². The highest BCUT2D eigenvalue weighted by atomic mass is 16.5. The normalized spacial score (nSPS) is 10.3. The molecule has 2 N–H and O–H groups in total. The third-order valence-corrected chi connectivity index (χ3v) is 3.31. The highest BCUT2D eigenvalue weighted by molar-refractivity contribution is 5.70. The largest absolute Gasteiger partial charge is 0.438 e. The molecule has 0 aliphatic rings. The second-order valence-corrected chi connectivity index (χ2v) is 4.84. The molecule has 2 aromatic carbocycles. The molecule has 0 spiro atoms. The van der Waals surface area contributed by atoms with Crippen LogP contribution in [0.2, 0.25) is 0 Å². The molecule has 0 saturated heterocycles. The van der Waals surface area contributed by atoms with Crippen LogP contribution in [0.25, 0.3) is 11.1 Å². The van der Waals surface area contributed by atoms with Crippen molar-refractivity contribution in [2.75, 3.05) is 5.73 Å². The van der Waals surface area contributed by atoms with E-state index in [1.807, 2.05) is 55.5 Å². The van der Waals surface area contributed by atoms with E-state index in [-0.39, 0.29) is 0 Å². The molecule has 0 unspecified atom stereocenters. The Bertz CT molecular complexity index is 754. The topological polar surface area (TPSA) is 48.1 Å². The quantitative estimate of drug-likeness (QED) is 0.769. The van der Waals surface area contributed by atoms with Gasteiger partial charge in [0, 0.05) is 11.6 Å². The van der Waals surface area contributed by atoms with Crippen LogP contribution >= 0.6 is 0 Å². The number of benzene rings is 2. The van der Waals surface area contributed by atoms with E-state index < -0.39 is 0 Å². The fourth-order valence-corrected chi connectivity index (χ4v) is 2.12. The van der Waals surface area contributed by atoms with Crippen LogP contribution in [-0.4, -0.2) is 4.98 Å². The summed E-state index contributed by atoms with van der Waals surface area (Å²) in [4.78, 5) is 4.22. The van der Waals surface area contributed by atoms with Gasteiger partial charge in [-0.25, -0.2) is 4.98 Å². The third kappa shape index (κ3) is 2.87. The number of para-hydroxylation sites is 1. The van der Waals surface area contributed by atoms with E-state index in [2.05, 4.69) is 17.1 Å². The van der Waals surface area contributed by atoms with Crippen LogP contribution in [0.15, 0.2) is 66.9 Å². The Balaban J connectivity index is 1.98. The van der Waals surface area contributed by atoms with Crippen molar-refractivity contribution in [1.82, 2.24) is 4.98 Å². The number of nitrogens with zero attached hydrogens (tertiary/aromatic N) is 1. The van der Waals surface area contributed by atoms with Crippen molar-refractivity contribution in [2.45, 2.75) is 6.92 Å². The molecule has 1 heterocycles. The number of nitrogen functional groups attached to an aromatic ring is 1. The predicted molar refractivity (Wildman–Crippen MR) is 85.3 cm³/mol. The van der Waals surface area contributed by atoms with Crippen molar-refractivity contribution < 1.29 is 4.74 Å². The van der Waals surface area contributed by atoms with E-state index in [0.717, 1.165) is 22.4 Å². The highest BCUT2D eigenvalue weighted by Gasteiger charge is 2.07. The lowest BCUT2D eigenvalue weighted by Crippen LogP contribution is -1.95. The number of anilines is 1. The Morgan fingerprint density at radius 3 is 2.43 bits per heavy atom. The first kappa shape index (κ1) is 13.2. The first-order chi connectivity index (χ1) is 10.2. The van der Waals surface area contributed by atoms with Crippen molar-refractivity contribution in [3.63, 3.8) is 0 Å². The number of ether oxygens (including phenoxy) is 1. The average molecular weight is 276 g/mol. The monoisotopic (exact) mass is 276 g/mol. The molecule has 0 amide bonds. The molecule has 3 heteroatoms. The molecule has 3 aromatic rings. The average Bonchev–Trinajstić information content (AvgIpc) is 2.52. The van der Waals surface area contributed by atoms with Gasteiger partial charge in [0.05, 0.1) is 11.9 Å². The van der Waals surface area contributed by atoms with Crippen LogP contribution in [0.3, 0.4) is 0 Å². The van der Waals surface area contributed by atoms with Gasteiger partial charge in [-0.3, -0.25) is 0 Å². The van der Waals surface area contributed by atoms with E-state index in [0.29, 0.717) is 11.6 Å². The molecular weight excluding hydrogens is 260 g/mol. The van der Waals surface area contributed by atoms with Crippen LogP contribution in [0.1, 0.15) is 5.56 Å². The molecular formula is C18H16N2O. The zero-order chi connectivity index (χ0) is 14.7. The standard InChI is InChI=1S/C18H16N2O/c1-13-11-18(20-12-16(13)19)21-17-10-6-5-9-15(17)14-7-3-2-4-8-14/h2-12H,19H2,1H3. The van der Waals surface area contributed by atoms with Gasteiger partial charge in [-0.2, -0.15) is 0 Å². The number of nitrogens with two attached hydrogens (primary N) is 1. The minimum absolute atomic E-state index is 0.546. The first-order valence-corrected chi connectivity index (χ1v) is 6.78. The van der Waals surface area contributed by atoms with Crippen LogP contribution < -0.4 is 10.5 Å². The molecule has 104 valence electrons. The molecule has 0 fully saturated rings. The number of pyridine rings is 1. The van der Waals surface area contributed by atoms with Crippen molar-refractivity contribution in [3.05, 3.63) is 72.4 Å². The molecule has 0 saturated carbocycles. The summed E-state index contributed by atoms with van der Waals surface area (Å²) in [5.41, 5.74) is 9.55.